The molecule has 0 aliphatic rings. The monoisotopic (exact) mass is 115 g/mol. The van der Waals surface area contributed by atoms with Crippen LogP contribution in [-0.4, -0.2) is 12.8 Å². The molecule has 3 nitrogen and oxygen atoms in total. The van der Waals surface area contributed by atoms with Crippen molar-refractivity contribution in [3.8, 4) is 0 Å². The van der Waals surface area contributed by atoms with Crippen molar-refractivity contribution in [2.45, 2.75) is 19.3 Å². The fourth-order valence-electron chi connectivity index (χ4n) is 0.404. The molecule has 0 aromatic heterocycles. The first-order valence-corrected chi connectivity index (χ1v) is 2.64. The Morgan fingerprint density at radius 3 is 2.62 bits per heavy atom. The molecule has 0 aliphatic heterocycles. The fourth-order valence-corrected chi connectivity index (χ4v) is 0.404. The van der Waals surface area contributed by atoms with Gasteiger partial charge in [0.15, 0.2) is 0 Å². The summed E-state index contributed by atoms with van der Waals surface area (Å²) in [7, 11) is 0. The van der Waals surface area contributed by atoms with Gasteiger partial charge in [0, 0.05) is 6.42 Å². The maximum absolute atomic E-state index is 9.66. The molecule has 0 fully saturated rings. The smallest absolute Gasteiger partial charge is 0.119 e. The predicted molar refractivity (Wildman–Crippen MR) is 30.6 cm³/mol. The highest BCUT2D eigenvalue weighted by Gasteiger charge is 1.84. The lowest BCUT2D eigenvalue weighted by atomic mass is 10.2. The van der Waals surface area contributed by atoms with Crippen LogP contribution in [0.5, 0.6) is 0 Å². The second-order valence-electron chi connectivity index (χ2n) is 1.52. The third kappa shape index (κ3) is 5.27. The number of carbonyl (C=O) groups is 1. The van der Waals surface area contributed by atoms with Crippen molar-refractivity contribution >= 4 is 6.29 Å². The average Bonchev–Trinajstić information content (AvgIpc) is 1.81. The van der Waals surface area contributed by atoms with E-state index < -0.39 is 0 Å². The molecule has 0 unspecified atom stereocenters. The third-order valence-electron chi connectivity index (χ3n) is 0.821. The van der Waals surface area contributed by atoms with Crippen LogP contribution in [0.15, 0.2) is 5.18 Å². The van der Waals surface area contributed by atoms with E-state index in [0.717, 1.165) is 19.1 Å². The number of aldehydes is 1. The molecule has 0 aromatic carbocycles. The van der Waals surface area contributed by atoms with Crippen molar-refractivity contribution in [3.05, 3.63) is 4.91 Å². The second-order valence-corrected chi connectivity index (χ2v) is 1.52. The summed E-state index contributed by atoms with van der Waals surface area (Å²) in [4.78, 5) is 19.1. The number of nitroso groups, excluding NO2 is 1. The summed E-state index contributed by atoms with van der Waals surface area (Å²) < 4.78 is 0. The van der Waals surface area contributed by atoms with E-state index in [2.05, 4.69) is 5.18 Å². The predicted octanol–water partition coefficient (Wildman–Crippen LogP) is 1.12. The van der Waals surface area contributed by atoms with E-state index in [1.165, 1.54) is 0 Å². The Balaban J connectivity index is 2.71. The molecule has 0 saturated carbocycles. The van der Waals surface area contributed by atoms with Crippen molar-refractivity contribution < 1.29 is 4.79 Å². The van der Waals surface area contributed by atoms with Crippen molar-refractivity contribution in [3.63, 3.8) is 0 Å². The van der Waals surface area contributed by atoms with E-state index in [9.17, 15) is 9.70 Å². The van der Waals surface area contributed by atoms with Gasteiger partial charge in [-0.25, -0.2) is 0 Å². The lowest BCUT2D eigenvalue weighted by Gasteiger charge is -1.84. The maximum atomic E-state index is 9.66. The Morgan fingerprint density at radius 2 is 2.12 bits per heavy atom. The average molecular weight is 115 g/mol. The number of hydrogen-bond acceptors (Lipinski definition) is 3. The van der Waals surface area contributed by atoms with E-state index in [-0.39, 0.29) is 0 Å². The first-order chi connectivity index (χ1) is 3.91. The Morgan fingerprint density at radius 1 is 1.38 bits per heavy atom. The Kier molecular flexibility index (Phi) is 5.70. The molecule has 0 bridgehead atoms. The van der Waals surface area contributed by atoms with Gasteiger partial charge in [-0.1, -0.05) is 5.18 Å². The summed E-state index contributed by atoms with van der Waals surface area (Å²) >= 11 is 0. The molecule has 0 heterocycles. The molecule has 8 heavy (non-hydrogen) atoms. The highest BCUT2D eigenvalue weighted by atomic mass is 16.3. The molecular formula is C5H9NO2. The number of nitrogens with zero attached hydrogens (tertiary/aromatic N) is 1. The molecule has 0 aromatic rings. The molecule has 0 N–H and O–H groups in total. The van der Waals surface area contributed by atoms with E-state index in [1.54, 1.807) is 0 Å². The molecule has 46 valence electrons. The SMILES string of the molecule is O=CCCCCN=O. The molecule has 0 amide bonds. The molecule has 0 spiro atoms. The first kappa shape index (κ1) is 7.27. The van der Waals surface area contributed by atoms with E-state index >= 15 is 0 Å². The molecule has 0 atom stereocenters. The first-order valence-electron chi connectivity index (χ1n) is 2.64. The van der Waals surface area contributed by atoms with Crippen LogP contribution in [0.25, 0.3) is 0 Å². The topological polar surface area (TPSA) is 46.5 Å². The number of unbranched alkanes of at least 4 members (excludes halogenated alkanes) is 2. The van der Waals surface area contributed by atoms with Crippen molar-refractivity contribution in [1.29, 1.82) is 0 Å². The summed E-state index contributed by atoms with van der Waals surface area (Å²) in [6, 6.07) is 0. The van der Waals surface area contributed by atoms with Crippen LogP contribution in [0.4, 0.5) is 0 Å². The highest BCUT2D eigenvalue weighted by molar-refractivity contribution is 5.48. The molecule has 3 heteroatoms. The third-order valence-corrected chi connectivity index (χ3v) is 0.821. The maximum Gasteiger partial charge on any atom is 0.119 e. The summed E-state index contributed by atoms with van der Waals surface area (Å²) in [5, 5.41) is 2.64. The van der Waals surface area contributed by atoms with Gasteiger partial charge in [-0.2, -0.15) is 4.91 Å². The lowest BCUT2D eigenvalue weighted by molar-refractivity contribution is -0.107. The van der Waals surface area contributed by atoms with Gasteiger partial charge in [-0.3, -0.25) is 0 Å². The zero-order valence-electron chi connectivity index (χ0n) is 4.67. The van der Waals surface area contributed by atoms with E-state index in [4.69, 9.17) is 0 Å². The number of carbonyl (C=O) groups excluding carboxylic acids is 1. The van der Waals surface area contributed by atoms with E-state index in [1.807, 2.05) is 0 Å². The summed E-state index contributed by atoms with van der Waals surface area (Å²) in [5.41, 5.74) is 0. The van der Waals surface area contributed by atoms with Crippen molar-refractivity contribution in [1.82, 2.24) is 0 Å². The summed E-state index contributed by atoms with van der Waals surface area (Å²) in [6.07, 6.45) is 2.93. The van der Waals surface area contributed by atoms with Gasteiger partial charge in [0.2, 0.25) is 0 Å². The minimum absolute atomic E-state index is 0.341. The minimum atomic E-state index is 0.341. The standard InChI is InChI=1S/C5H9NO2/c7-5-3-1-2-4-6-8/h5H,1-4H2. The molecule has 0 rings (SSSR count). The van der Waals surface area contributed by atoms with Gasteiger partial charge < -0.3 is 4.79 Å². The normalized spacial score (nSPS) is 8.50. The largest absolute Gasteiger partial charge is 0.303 e. The van der Waals surface area contributed by atoms with Gasteiger partial charge in [-0.15, -0.1) is 0 Å². The van der Waals surface area contributed by atoms with Gasteiger partial charge in [0.1, 0.15) is 6.29 Å². The van der Waals surface area contributed by atoms with Gasteiger partial charge in [0.05, 0.1) is 6.54 Å². The van der Waals surface area contributed by atoms with Crippen LogP contribution in [0, 0.1) is 4.91 Å². The Bertz CT molecular complexity index is 62.8. The lowest BCUT2D eigenvalue weighted by Crippen LogP contribution is -1.80. The zero-order chi connectivity index (χ0) is 6.24. The molecule has 0 radical (unpaired) electrons. The highest BCUT2D eigenvalue weighted by Crippen LogP contribution is 1.90. The molecule has 0 aliphatic carbocycles. The summed E-state index contributed by atoms with van der Waals surface area (Å²) in [6.45, 7) is 0.341. The second kappa shape index (κ2) is 6.27. The van der Waals surface area contributed by atoms with Crippen LogP contribution in [0.1, 0.15) is 19.3 Å². The van der Waals surface area contributed by atoms with Crippen LogP contribution < -0.4 is 0 Å². The Hall–Kier alpha value is -0.730. The molecule has 0 saturated heterocycles. The quantitative estimate of drug-likeness (QED) is 0.306. The number of rotatable bonds is 5. The van der Waals surface area contributed by atoms with Gasteiger partial charge in [-0.05, 0) is 12.8 Å². The molecular weight excluding hydrogens is 106 g/mol. The van der Waals surface area contributed by atoms with Crippen LogP contribution in [0.3, 0.4) is 0 Å². The van der Waals surface area contributed by atoms with Crippen molar-refractivity contribution in [2.24, 2.45) is 5.18 Å². The number of hydrogen-bond donors (Lipinski definition) is 0. The fraction of sp³-hybridized carbons (Fsp3) is 0.800. The van der Waals surface area contributed by atoms with Crippen molar-refractivity contribution in [2.75, 3.05) is 6.54 Å². The van der Waals surface area contributed by atoms with E-state index in [0.29, 0.717) is 13.0 Å². The van der Waals surface area contributed by atoms with Crippen LogP contribution >= 0.6 is 0 Å². The van der Waals surface area contributed by atoms with Crippen LogP contribution in [-0.2, 0) is 4.79 Å². The van der Waals surface area contributed by atoms with Gasteiger partial charge in [0.25, 0.3) is 0 Å². The van der Waals surface area contributed by atoms with Gasteiger partial charge >= 0.3 is 0 Å². The minimum Gasteiger partial charge on any atom is -0.303 e. The zero-order valence-corrected chi connectivity index (χ0v) is 4.67. The van der Waals surface area contributed by atoms with Crippen LogP contribution in [0.2, 0.25) is 0 Å². The Labute approximate surface area is 48.1 Å². The summed E-state index contributed by atoms with van der Waals surface area (Å²) in [5.74, 6) is 0.